The second kappa shape index (κ2) is 13.2. The molecule has 3 aromatic rings. The fourth-order valence-electron chi connectivity index (χ4n) is 5.58. The first-order chi connectivity index (χ1) is 19.3. The molecule has 4 N–H and O–H groups in total. The van der Waals surface area contributed by atoms with Crippen LogP contribution in [0.15, 0.2) is 48.5 Å². The van der Waals surface area contributed by atoms with Crippen LogP contribution in [0, 0.1) is 37.4 Å². The Morgan fingerprint density at radius 1 is 1.12 bits per heavy atom. The first-order valence-corrected chi connectivity index (χ1v) is 13.9. The van der Waals surface area contributed by atoms with E-state index >= 15 is 4.39 Å². The average Bonchev–Trinajstić information content (AvgIpc) is 3.39. The van der Waals surface area contributed by atoms with Gasteiger partial charge in [0.15, 0.2) is 0 Å². The summed E-state index contributed by atoms with van der Waals surface area (Å²) in [7, 11) is 0. The molecule has 8 heteroatoms. The van der Waals surface area contributed by atoms with Crippen molar-refractivity contribution in [1.29, 1.82) is 0 Å². The highest BCUT2D eigenvalue weighted by molar-refractivity contribution is 6.36. The van der Waals surface area contributed by atoms with Crippen LogP contribution in [0.2, 0.25) is 0 Å². The molecule has 1 fully saturated rings. The minimum Gasteiger partial charge on any atom is -0.359 e. The monoisotopic (exact) mass is 574 g/mol. The van der Waals surface area contributed by atoms with E-state index in [1.165, 1.54) is 12.1 Å². The topological polar surface area (TPSA) is 91.2 Å². The summed E-state index contributed by atoms with van der Waals surface area (Å²) in [6, 6.07) is 14.9. The maximum absolute atomic E-state index is 15.4. The highest BCUT2D eigenvalue weighted by Crippen LogP contribution is 2.41. The van der Waals surface area contributed by atoms with E-state index in [2.05, 4.69) is 22.1 Å². The number of nitrogens with one attached hydrogen (secondary N) is 2. The molecule has 0 radical (unpaired) electrons. The van der Waals surface area contributed by atoms with E-state index in [9.17, 15) is 9.59 Å². The molecule has 2 aromatic carbocycles. The molecule has 0 bridgehead atoms. The fraction of sp³-hybridized carbons (Fsp3) is 0.333. The van der Waals surface area contributed by atoms with Crippen molar-refractivity contribution in [2.75, 3.05) is 18.0 Å². The van der Waals surface area contributed by atoms with Crippen molar-refractivity contribution in [2.45, 2.75) is 52.0 Å². The van der Waals surface area contributed by atoms with Crippen LogP contribution in [-0.2, 0) is 11.2 Å². The summed E-state index contributed by atoms with van der Waals surface area (Å²) >= 11 is 0. The van der Waals surface area contributed by atoms with Crippen molar-refractivity contribution in [1.82, 2.24) is 10.3 Å². The molecular weight excluding hydrogens is 539 g/mol. The molecule has 1 aliphatic carbocycles. The molecule has 2 heterocycles. The molecule has 5 rings (SSSR count). The van der Waals surface area contributed by atoms with Crippen LogP contribution in [0.25, 0.3) is 11.6 Å². The molecule has 6 nitrogen and oxygen atoms in total. The van der Waals surface area contributed by atoms with Gasteiger partial charge in [0, 0.05) is 36.0 Å². The Morgan fingerprint density at radius 2 is 1.85 bits per heavy atom. The number of fused-ring (bicyclic) bond motifs is 1. The van der Waals surface area contributed by atoms with Crippen LogP contribution in [0.1, 0.15) is 64.1 Å². The summed E-state index contributed by atoms with van der Waals surface area (Å²) < 4.78 is 15.4. The number of carbonyl (C=O) groups is 2. The molecule has 0 unspecified atom stereocenters. The van der Waals surface area contributed by atoms with E-state index in [4.69, 9.17) is 5.73 Å². The third-order valence-corrected chi connectivity index (χ3v) is 7.79. The first-order valence-electron chi connectivity index (χ1n) is 13.9. The van der Waals surface area contributed by atoms with Crippen LogP contribution >= 0.6 is 12.4 Å². The fourth-order valence-corrected chi connectivity index (χ4v) is 5.58. The SMILES string of the molecule is Cc1cc(C)c(/C=C2\C(=O)N(CC3CCC(N)CC3)c3cc(C(=O)NCC#CCc4ccccc4)c(F)cc32)[nH]1.Cl. The summed E-state index contributed by atoms with van der Waals surface area (Å²) in [4.78, 5) is 31.7. The predicted octanol–water partition coefficient (Wildman–Crippen LogP) is 5.57. The number of rotatable bonds is 6. The number of carbonyl (C=O) groups excluding carboxylic acids is 2. The van der Waals surface area contributed by atoms with Gasteiger partial charge >= 0.3 is 0 Å². The van der Waals surface area contributed by atoms with Crippen LogP contribution in [-0.4, -0.2) is 35.9 Å². The van der Waals surface area contributed by atoms with Gasteiger partial charge in [-0.05, 0) is 80.9 Å². The Morgan fingerprint density at radius 3 is 2.54 bits per heavy atom. The van der Waals surface area contributed by atoms with E-state index in [1.807, 2.05) is 50.2 Å². The van der Waals surface area contributed by atoms with Gasteiger partial charge < -0.3 is 20.9 Å². The second-order valence-electron chi connectivity index (χ2n) is 10.9. The Bertz CT molecular complexity index is 1510. The molecule has 2 amide bonds. The zero-order chi connectivity index (χ0) is 28.2. The number of amides is 2. The standard InChI is InChI=1S/C33H35FN4O2.ClH/c1-21-16-22(2)37-30(21)18-27-26-17-29(34)28(32(39)36-15-7-6-10-23-8-4-3-5-9-23)19-31(26)38(33(27)40)20-24-11-13-25(35)14-12-24;/h3-5,8-9,16-19,24-25,37H,10-15,20,35H2,1-2H3,(H,36,39);1H/b27-18-;. The van der Waals surface area contributed by atoms with Crippen molar-refractivity contribution in [3.63, 3.8) is 0 Å². The number of nitrogens with zero attached hydrogens (tertiary/aromatic N) is 1. The lowest BCUT2D eigenvalue weighted by atomic mass is 9.86. The van der Waals surface area contributed by atoms with Crippen molar-refractivity contribution >= 4 is 41.6 Å². The van der Waals surface area contributed by atoms with Crippen LogP contribution < -0.4 is 16.0 Å². The molecule has 0 spiro atoms. The van der Waals surface area contributed by atoms with Gasteiger partial charge in [-0.1, -0.05) is 42.2 Å². The minimum absolute atomic E-state index is 0. The molecule has 2 aliphatic rings. The molecule has 1 aromatic heterocycles. The lowest BCUT2D eigenvalue weighted by Gasteiger charge is -2.30. The van der Waals surface area contributed by atoms with E-state index in [0.29, 0.717) is 35.7 Å². The lowest BCUT2D eigenvalue weighted by Crippen LogP contribution is -2.36. The quantitative estimate of drug-likeness (QED) is 0.265. The van der Waals surface area contributed by atoms with Crippen LogP contribution in [0.3, 0.4) is 0 Å². The van der Waals surface area contributed by atoms with Gasteiger partial charge in [-0.3, -0.25) is 9.59 Å². The van der Waals surface area contributed by atoms with Gasteiger partial charge in [-0.25, -0.2) is 4.39 Å². The number of aromatic amines is 1. The van der Waals surface area contributed by atoms with Crippen molar-refractivity contribution in [3.05, 3.63) is 88.0 Å². The largest absolute Gasteiger partial charge is 0.359 e. The summed E-state index contributed by atoms with van der Waals surface area (Å²) in [6.45, 7) is 4.53. The Labute approximate surface area is 247 Å². The van der Waals surface area contributed by atoms with Crippen molar-refractivity contribution < 1.29 is 14.0 Å². The van der Waals surface area contributed by atoms with E-state index in [0.717, 1.165) is 48.2 Å². The van der Waals surface area contributed by atoms with Gasteiger partial charge in [-0.15, -0.1) is 12.4 Å². The van der Waals surface area contributed by atoms with E-state index in [-0.39, 0.29) is 36.5 Å². The smallest absolute Gasteiger partial charge is 0.259 e. The zero-order valence-electron chi connectivity index (χ0n) is 23.4. The Kier molecular flexibility index (Phi) is 9.69. The summed E-state index contributed by atoms with van der Waals surface area (Å²) in [5, 5.41) is 2.70. The molecule has 0 saturated heterocycles. The van der Waals surface area contributed by atoms with Crippen LogP contribution in [0.4, 0.5) is 10.1 Å². The molecular formula is C33H36ClFN4O2. The summed E-state index contributed by atoms with van der Waals surface area (Å²) in [6.07, 6.45) is 6.08. The highest BCUT2D eigenvalue weighted by Gasteiger charge is 2.36. The van der Waals surface area contributed by atoms with Gasteiger partial charge in [-0.2, -0.15) is 0 Å². The summed E-state index contributed by atoms with van der Waals surface area (Å²) in [5.74, 6) is 4.85. The van der Waals surface area contributed by atoms with Crippen LogP contribution in [0.5, 0.6) is 0 Å². The van der Waals surface area contributed by atoms with Crippen molar-refractivity contribution in [3.8, 4) is 11.8 Å². The highest BCUT2D eigenvalue weighted by atomic mass is 35.5. The third kappa shape index (κ3) is 6.90. The Hall–Kier alpha value is -3.86. The number of hydrogen-bond acceptors (Lipinski definition) is 3. The van der Waals surface area contributed by atoms with Gasteiger partial charge in [0.1, 0.15) is 5.82 Å². The number of aromatic nitrogens is 1. The van der Waals surface area contributed by atoms with Crippen molar-refractivity contribution in [2.24, 2.45) is 11.7 Å². The van der Waals surface area contributed by atoms with E-state index in [1.54, 1.807) is 11.0 Å². The maximum atomic E-state index is 15.4. The average molecular weight is 575 g/mol. The maximum Gasteiger partial charge on any atom is 0.259 e. The number of benzene rings is 2. The van der Waals surface area contributed by atoms with E-state index < -0.39 is 11.7 Å². The number of hydrogen-bond donors (Lipinski definition) is 3. The van der Waals surface area contributed by atoms with Gasteiger partial charge in [0.05, 0.1) is 23.4 Å². The lowest BCUT2D eigenvalue weighted by molar-refractivity contribution is -0.113. The number of aryl methyl sites for hydroxylation is 2. The second-order valence-corrected chi connectivity index (χ2v) is 10.9. The molecule has 0 atom stereocenters. The summed E-state index contributed by atoms with van der Waals surface area (Å²) in [5.41, 5.74) is 11.4. The predicted molar refractivity (Wildman–Crippen MR) is 164 cm³/mol. The molecule has 41 heavy (non-hydrogen) atoms. The molecule has 1 saturated carbocycles. The first kappa shape index (κ1) is 30.1. The number of H-pyrrole nitrogens is 1. The third-order valence-electron chi connectivity index (χ3n) is 7.79. The molecule has 1 aliphatic heterocycles. The van der Waals surface area contributed by atoms with Gasteiger partial charge in [0.2, 0.25) is 0 Å². The van der Waals surface area contributed by atoms with Gasteiger partial charge in [0.25, 0.3) is 11.8 Å². The normalized spacial score (nSPS) is 18.9. The zero-order valence-corrected chi connectivity index (χ0v) is 24.2. The molecule has 214 valence electrons. The number of halogens is 2. The number of anilines is 1. The number of nitrogens with two attached hydrogens (primary N) is 1. The Balaban J connectivity index is 0.00000387. The minimum atomic E-state index is -0.669.